The number of rotatable bonds is 5. The Morgan fingerprint density at radius 2 is 2.05 bits per heavy atom. The summed E-state index contributed by atoms with van der Waals surface area (Å²) in [6.45, 7) is 3.44. The van der Waals surface area contributed by atoms with Crippen LogP contribution in [0.25, 0.3) is 0 Å². The maximum Gasteiger partial charge on any atom is 0.191 e. The molecular formula is C14H18ClN5S. The van der Waals surface area contributed by atoms with Gasteiger partial charge in [-0.05, 0) is 18.1 Å². The number of guanidine groups is 1. The van der Waals surface area contributed by atoms with E-state index in [9.17, 15) is 0 Å². The summed E-state index contributed by atoms with van der Waals surface area (Å²) in [4.78, 5) is 13.9. The van der Waals surface area contributed by atoms with Crippen molar-refractivity contribution in [1.82, 2.24) is 20.6 Å². The van der Waals surface area contributed by atoms with E-state index in [1.807, 2.05) is 12.3 Å². The molecule has 0 saturated carbocycles. The zero-order valence-electron chi connectivity index (χ0n) is 12.1. The van der Waals surface area contributed by atoms with Crippen molar-refractivity contribution in [2.45, 2.75) is 26.4 Å². The van der Waals surface area contributed by atoms with E-state index in [-0.39, 0.29) is 0 Å². The van der Waals surface area contributed by atoms with E-state index in [2.05, 4.69) is 32.5 Å². The number of nitrogens with zero attached hydrogens (tertiary/aromatic N) is 3. The maximum absolute atomic E-state index is 5.76. The zero-order valence-corrected chi connectivity index (χ0v) is 13.6. The van der Waals surface area contributed by atoms with Gasteiger partial charge in [-0.1, -0.05) is 24.6 Å². The number of hydrogen-bond acceptors (Lipinski definition) is 4. The van der Waals surface area contributed by atoms with Crippen LogP contribution in [0.15, 0.2) is 29.5 Å². The van der Waals surface area contributed by atoms with Crippen molar-refractivity contribution in [2.75, 3.05) is 7.05 Å². The minimum Gasteiger partial charge on any atom is -0.352 e. The highest BCUT2D eigenvalue weighted by Crippen LogP contribution is 2.12. The fourth-order valence-electron chi connectivity index (χ4n) is 1.67. The lowest BCUT2D eigenvalue weighted by molar-refractivity contribution is 0.803. The van der Waals surface area contributed by atoms with Crippen LogP contribution in [0.2, 0.25) is 5.15 Å². The summed E-state index contributed by atoms with van der Waals surface area (Å²) in [5.41, 5.74) is 1.05. The topological polar surface area (TPSA) is 62.2 Å². The van der Waals surface area contributed by atoms with Crippen molar-refractivity contribution in [3.8, 4) is 0 Å². The summed E-state index contributed by atoms with van der Waals surface area (Å²) in [6, 6.07) is 3.71. The van der Waals surface area contributed by atoms with Crippen LogP contribution in [0.4, 0.5) is 0 Å². The number of aromatic nitrogens is 2. The van der Waals surface area contributed by atoms with E-state index in [1.54, 1.807) is 30.6 Å². The van der Waals surface area contributed by atoms with Gasteiger partial charge in [-0.15, -0.1) is 11.3 Å². The second-order valence-electron chi connectivity index (χ2n) is 4.34. The molecule has 21 heavy (non-hydrogen) atoms. The smallest absolute Gasteiger partial charge is 0.191 e. The lowest BCUT2D eigenvalue weighted by Gasteiger charge is -2.10. The predicted molar refractivity (Wildman–Crippen MR) is 87.8 cm³/mol. The van der Waals surface area contributed by atoms with Crippen molar-refractivity contribution in [1.29, 1.82) is 0 Å². The SMILES string of the molecule is CCc1cnc(CNC(=NC)NCc2ccc(Cl)nc2)s1. The molecule has 0 radical (unpaired) electrons. The molecule has 0 fully saturated rings. The average Bonchev–Trinajstić information content (AvgIpc) is 2.97. The lowest BCUT2D eigenvalue weighted by atomic mass is 10.3. The molecule has 0 aliphatic heterocycles. The number of nitrogens with one attached hydrogen (secondary N) is 2. The summed E-state index contributed by atoms with van der Waals surface area (Å²) in [7, 11) is 1.74. The first-order chi connectivity index (χ1) is 10.2. The Morgan fingerprint density at radius 1 is 1.24 bits per heavy atom. The van der Waals surface area contributed by atoms with Crippen LogP contribution in [0, 0.1) is 0 Å². The Kier molecular flexibility index (Phi) is 5.95. The lowest BCUT2D eigenvalue weighted by Crippen LogP contribution is -2.36. The van der Waals surface area contributed by atoms with Gasteiger partial charge in [-0.3, -0.25) is 4.99 Å². The normalized spacial score (nSPS) is 11.5. The number of thiazole rings is 1. The minimum atomic E-state index is 0.497. The highest BCUT2D eigenvalue weighted by atomic mass is 35.5. The van der Waals surface area contributed by atoms with Crippen LogP contribution in [-0.4, -0.2) is 23.0 Å². The van der Waals surface area contributed by atoms with Crippen molar-refractivity contribution in [3.63, 3.8) is 0 Å². The van der Waals surface area contributed by atoms with Gasteiger partial charge >= 0.3 is 0 Å². The van der Waals surface area contributed by atoms with Crippen molar-refractivity contribution >= 4 is 28.9 Å². The van der Waals surface area contributed by atoms with Crippen LogP contribution >= 0.6 is 22.9 Å². The Bertz CT molecular complexity index is 594. The van der Waals surface area contributed by atoms with Gasteiger partial charge in [0.05, 0.1) is 6.54 Å². The first-order valence-electron chi connectivity index (χ1n) is 6.69. The van der Waals surface area contributed by atoms with E-state index in [0.29, 0.717) is 18.2 Å². The predicted octanol–water partition coefficient (Wildman–Crippen LogP) is 2.62. The van der Waals surface area contributed by atoms with Gasteiger partial charge in [-0.25, -0.2) is 9.97 Å². The standard InChI is InChI=1S/C14H18ClN5S/c1-3-11-8-18-13(21-11)9-20-14(16-2)19-7-10-4-5-12(15)17-6-10/h4-6,8H,3,7,9H2,1-2H3,(H2,16,19,20). The Morgan fingerprint density at radius 3 is 2.67 bits per heavy atom. The van der Waals surface area contributed by atoms with Gasteiger partial charge in [0.25, 0.3) is 0 Å². The van der Waals surface area contributed by atoms with Gasteiger partial charge in [0.1, 0.15) is 10.2 Å². The summed E-state index contributed by atoms with van der Waals surface area (Å²) in [6.07, 6.45) is 4.70. The van der Waals surface area contributed by atoms with Gasteiger partial charge < -0.3 is 10.6 Å². The van der Waals surface area contributed by atoms with Crippen LogP contribution in [0.3, 0.4) is 0 Å². The third-order valence-electron chi connectivity index (χ3n) is 2.83. The number of aliphatic imine (C=N–C) groups is 1. The minimum absolute atomic E-state index is 0.497. The average molecular weight is 324 g/mol. The van der Waals surface area contributed by atoms with Crippen LogP contribution in [-0.2, 0) is 19.5 Å². The molecule has 2 rings (SSSR count). The number of aryl methyl sites for hydroxylation is 1. The molecule has 2 heterocycles. The second-order valence-corrected chi connectivity index (χ2v) is 5.93. The molecule has 0 bridgehead atoms. The molecular weight excluding hydrogens is 306 g/mol. The van der Waals surface area contributed by atoms with Crippen molar-refractivity contribution in [2.24, 2.45) is 4.99 Å². The van der Waals surface area contributed by atoms with Crippen LogP contribution < -0.4 is 10.6 Å². The molecule has 0 amide bonds. The molecule has 0 saturated heterocycles. The number of hydrogen-bond donors (Lipinski definition) is 2. The fourth-order valence-corrected chi connectivity index (χ4v) is 2.58. The van der Waals surface area contributed by atoms with E-state index < -0.39 is 0 Å². The molecule has 112 valence electrons. The molecule has 0 aliphatic carbocycles. The fraction of sp³-hybridized carbons (Fsp3) is 0.357. The molecule has 5 nitrogen and oxygen atoms in total. The van der Waals surface area contributed by atoms with Crippen molar-refractivity contribution < 1.29 is 0 Å². The van der Waals surface area contributed by atoms with E-state index in [0.717, 1.165) is 23.0 Å². The molecule has 2 aromatic rings. The van der Waals surface area contributed by atoms with Crippen molar-refractivity contribution in [3.05, 3.63) is 45.1 Å². The molecule has 2 N–H and O–H groups in total. The molecule has 0 unspecified atom stereocenters. The number of pyridine rings is 1. The first kappa shape index (κ1) is 15.7. The molecule has 0 aromatic carbocycles. The highest BCUT2D eigenvalue weighted by Gasteiger charge is 2.03. The molecule has 7 heteroatoms. The first-order valence-corrected chi connectivity index (χ1v) is 7.89. The Hall–Kier alpha value is -1.66. The second kappa shape index (κ2) is 7.95. The molecule has 0 spiro atoms. The van der Waals surface area contributed by atoms with Gasteiger partial charge in [0.2, 0.25) is 0 Å². The van der Waals surface area contributed by atoms with Gasteiger partial charge in [0, 0.05) is 30.9 Å². The summed E-state index contributed by atoms with van der Waals surface area (Å²) >= 11 is 7.48. The Labute approximate surface area is 133 Å². The molecule has 2 aromatic heterocycles. The summed E-state index contributed by atoms with van der Waals surface area (Å²) < 4.78 is 0. The number of halogens is 1. The zero-order chi connectivity index (χ0) is 15.1. The monoisotopic (exact) mass is 323 g/mol. The van der Waals surface area contributed by atoms with Crippen LogP contribution in [0.1, 0.15) is 22.4 Å². The van der Waals surface area contributed by atoms with E-state index >= 15 is 0 Å². The third-order valence-corrected chi connectivity index (χ3v) is 4.19. The summed E-state index contributed by atoms with van der Waals surface area (Å²) in [5, 5.41) is 8.03. The third kappa shape index (κ3) is 4.99. The largest absolute Gasteiger partial charge is 0.352 e. The Balaban J connectivity index is 1.81. The van der Waals surface area contributed by atoms with Gasteiger partial charge in [-0.2, -0.15) is 0 Å². The maximum atomic E-state index is 5.76. The van der Waals surface area contributed by atoms with Gasteiger partial charge in [0.15, 0.2) is 5.96 Å². The van der Waals surface area contributed by atoms with E-state index in [4.69, 9.17) is 11.6 Å². The summed E-state index contributed by atoms with van der Waals surface area (Å²) in [5.74, 6) is 0.734. The highest BCUT2D eigenvalue weighted by molar-refractivity contribution is 7.11. The molecule has 0 atom stereocenters. The van der Waals surface area contributed by atoms with E-state index in [1.165, 1.54) is 4.88 Å². The van der Waals surface area contributed by atoms with Crippen LogP contribution in [0.5, 0.6) is 0 Å². The molecule has 0 aliphatic rings. The quantitative estimate of drug-likeness (QED) is 0.504.